The Kier molecular flexibility index (Phi) is 4.30. The molecule has 0 bridgehead atoms. The highest BCUT2D eigenvalue weighted by atomic mass is 35.5. The van der Waals surface area contributed by atoms with Crippen LogP contribution in [0.2, 0.25) is 0 Å². The topological polar surface area (TPSA) is 80.4 Å². The number of anilines is 1. The van der Waals surface area contributed by atoms with Crippen molar-refractivity contribution in [2.75, 3.05) is 11.5 Å². The molecule has 0 aliphatic rings. The molecule has 0 heterocycles. The van der Waals surface area contributed by atoms with E-state index in [4.69, 9.17) is 28.9 Å². The lowest BCUT2D eigenvalue weighted by Crippen LogP contribution is -2.34. The molecule has 1 aromatic carbocycles. The Bertz CT molecular complexity index is 485. The molecule has 0 unspecified atom stereocenters. The maximum absolute atomic E-state index is 11.7. The lowest BCUT2D eigenvalue weighted by molar-refractivity contribution is 0.181. The number of aliphatic hydroxyl groups is 1. The van der Waals surface area contributed by atoms with Crippen LogP contribution in [0, 0.1) is 0 Å². The minimum absolute atomic E-state index is 0.258. The summed E-state index contributed by atoms with van der Waals surface area (Å²) in [5.74, 6) is -0.258. The van der Waals surface area contributed by atoms with Crippen molar-refractivity contribution in [3.8, 4) is 0 Å². The summed E-state index contributed by atoms with van der Waals surface area (Å²) in [7, 11) is -3.81. The van der Waals surface area contributed by atoms with Gasteiger partial charge in [0, 0.05) is 5.69 Å². The summed E-state index contributed by atoms with van der Waals surface area (Å²) in [6.07, 6.45) is -1.53. The molecule has 96 valence electrons. The predicted molar refractivity (Wildman–Crippen MR) is 69.7 cm³/mol. The van der Waals surface area contributed by atoms with Crippen LogP contribution in [0.3, 0.4) is 0 Å². The van der Waals surface area contributed by atoms with Crippen molar-refractivity contribution in [2.45, 2.75) is 16.7 Å². The smallest absolute Gasteiger partial charge is 0.247 e. The zero-order chi connectivity index (χ0) is 13.3. The van der Waals surface area contributed by atoms with E-state index in [1.165, 1.54) is 31.2 Å². The van der Waals surface area contributed by atoms with Gasteiger partial charge >= 0.3 is 0 Å². The summed E-state index contributed by atoms with van der Waals surface area (Å²) in [4.78, 5) is 0. The lowest BCUT2D eigenvalue weighted by atomic mass is 10.1. The Morgan fingerprint density at radius 2 is 1.82 bits per heavy atom. The number of halogens is 2. The van der Waals surface area contributed by atoms with Crippen molar-refractivity contribution in [2.24, 2.45) is 0 Å². The fourth-order valence-corrected chi connectivity index (χ4v) is 3.00. The van der Waals surface area contributed by atoms with Gasteiger partial charge < -0.3 is 10.8 Å². The number of hydrogen-bond acceptors (Lipinski definition) is 4. The van der Waals surface area contributed by atoms with E-state index < -0.39 is 19.6 Å². The highest BCUT2D eigenvalue weighted by Gasteiger charge is 2.46. The van der Waals surface area contributed by atoms with E-state index in [0.29, 0.717) is 11.3 Å². The molecule has 7 heteroatoms. The van der Waals surface area contributed by atoms with E-state index in [0.717, 1.165) is 0 Å². The zero-order valence-corrected chi connectivity index (χ0v) is 11.4. The number of alkyl halides is 2. The largest absolute Gasteiger partial charge is 0.399 e. The average Bonchev–Trinajstić information content (AvgIpc) is 2.28. The first kappa shape index (κ1) is 14.6. The second kappa shape index (κ2) is 5.02. The number of nitrogens with two attached hydrogens (primary N) is 1. The van der Waals surface area contributed by atoms with Gasteiger partial charge in [0.15, 0.2) is 9.84 Å². The SMILES string of the molecule is CCS(=O)(=O)C(Cl)(Cl)[C@H](O)c1ccc(N)cc1. The number of sulfone groups is 1. The summed E-state index contributed by atoms with van der Waals surface area (Å²) in [6.45, 7) is 1.41. The second-order valence-electron chi connectivity index (χ2n) is 3.53. The highest BCUT2D eigenvalue weighted by molar-refractivity contribution is 7.95. The van der Waals surface area contributed by atoms with Gasteiger partial charge in [-0.1, -0.05) is 42.3 Å². The van der Waals surface area contributed by atoms with Gasteiger partial charge in [-0.25, -0.2) is 8.42 Å². The quantitative estimate of drug-likeness (QED) is 0.657. The zero-order valence-electron chi connectivity index (χ0n) is 9.10. The third-order valence-electron chi connectivity index (χ3n) is 2.37. The number of rotatable bonds is 4. The Labute approximate surface area is 110 Å². The van der Waals surface area contributed by atoms with E-state index >= 15 is 0 Å². The minimum Gasteiger partial charge on any atom is -0.399 e. The van der Waals surface area contributed by atoms with Crippen LogP contribution in [-0.2, 0) is 9.84 Å². The molecule has 0 aliphatic carbocycles. The molecule has 4 nitrogen and oxygen atoms in total. The van der Waals surface area contributed by atoms with Crippen LogP contribution in [-0.4, -0.2) is 22.9 Å². The number of nitrogen functional groups attached to an aromatic ring is 1. The molecule has 0 fully saturated rings. The molecule has 3 N–H and O–H groups in total. The van der Waals surface area contributed by atoms with Gasteiger partial charge in [0.2, 0.25) is 3.67 Å². The molecule has 0 saturated heterocycles. The molecule has 0 aliphatic heterocycles. The Morgan fingerprint density at radius 3 is 2.24 bits per heavy atom. The van der Waals surface area contributed by atoms with Crippen LogP contribution in [0.4, 0.5) is 5.69 Å². The first-order valence-electron chi connectivity index (χ1n) is 4.86. The summed E-state index contributed by atoms with van der Waals surface area (Å²) in [6, 6.07) is 6.01. The van der Waals surface area contributed by atoms with Gasteiger partial charge in [0.25, 0.3) is 0 Å². The molecule has 1 atom stereocenters. The molecule has 0 spiro atoms. The molecular formula is C10H13Cl2NO3S. The maximum atomic E-state index is 11.7. The van der Waals surface area contributed by atoms with E-state index in [2.05, 4.69) is 0 Å². The summed E-state index contributed by atoms with van der Waals surface area (Å²) in [5.41, 5.74) is 6.27. The van der Waals surface area contributed by atoms with Crippen molar-refractivity contribution in [3.63, 3.8) is 0 Å². The lowest BCUT2D eigenvalue weighted by Gasteiger charge is -2.25. The van der Waals surface area contributed by atoms with Crippen molar-refractivity contribution in [1.82, 2.24) is 0 Å². The Hall–Kier alpha value is -0.490. The van der Waals surface area contributed by atoms with Gasteiger partial charge in [0.05, 0.1) is 5.75 Å². The van der Waals surface area contributed by atoms with Crippen molar-refractivity contribution in [3.05, 3.63) is 29.8 Å². The molecule has 1 rings (SSSR count). The fourth-order valence-electron chi connectivity index (χ4n) is 1.23. The monoisotopic (exact) mass is 297 g/mol. The summed E-state index contributed by atoms with van der Waals surface area (Å²) >= 11 is 11.5. The van der Waals surface area contributed by atoms with Crippen LogP contribution in [0.5, 0.6) is 0 Å². The van der Waals surface area contributed by atoms with Crippen LogP contribution in [0.15, 0.2) is 24.3 Å². The third-order valence-corrected chi connectivity index (χ3v) is 6.00. The van der Waals surface area contributed by atoms with E-state index in [1.54, 1.807) is 0 Å². The van der Waals surface area contributed by atoms with Crippen molar-refractivity contribution >= 4 is 38.7 Å². The van der Waals surface area contributed by atoms with E-state index in [-0.39, 0.29) is 5.75 Å². The van der Waals surface area contributed by atoms with Crippen LogP contribution >= 0.6 is 23.2 Å². The Morgan fingerprint density at radius 1 is 1.35 bits per heavy atom. The predicted octanol–water partition coefficient (Wildman–Crippen LogP) is 1.87. The van der Waals surface area contributed by atoms with Crippen molar-refractivity contribution < 1.29 is 13.5 Å². The molecule has 0 amide bonds. The molecule has 0 saturated carbocycles. The number of aliphatic hydroxyl groups excluding tert-OH is 1. The second-order valence-corrected chi connectivity index (χ2v) is 7.82. The van der Waals surface area contributed by atoms with Crippen LogP contribution < -0.4 is 5.73 Å². The van der Waals surface area contributed by atoms with Gasteiger partial charge in [-0.15, -0.1) is 0 Å². The van der Waals surface area contributed by atoms with Gasteiger partial charge in [0.1, 0.15) is 6.10 Å². The summed E-state index contributed by atoms with van der Waals surface area (Å²) < 4.78 is 21.0. The molecular weight excluding hydrogens is 285 g/mol. The van der Waals surface area contributed by atoms with Crippen LogP contribution in [0.25, 0.3) is 0 Å². The normalized spacial score (nSPS) is 14.6. The summed E-state index contributed by atoms with van der Waals surface area (Å²) in [5, 5.41) is 9.92. The van der Waals surface area contributed by atoms with Crippen molar-refractivity contribution in [1.29, 1.82) is 0 Å². The van der Waals surface area contributed by atoms with Gasteiger partial charge in [-0.05, 0) is 17.7 Å². The maximum Gasteiger partial charge on any atom is 0.247 e. The third kappa shape index (κ3) is 2.85. The van der Waals surface area contributed by atoms with Crippen LogP contribution in [0.1, 0.15) is 18.6 Å². The van der Waals surface area contributed by atoms with E-state index in [9.17, 15) is 13.5 Å². The Balaban J connectivity index is 3.12. The first-order valence-corrected chi connectivity index (χ1v) is 7.26. The highest BCUT2D eigenvalue weighted by Crippen LogP contribution is 2.41. The minimum atomic E-state index is -3.81. The average molecular weight is 298 g/mol. The number of benzene rings is 1. The van der Waals surface area contributed by atoms with Gasteiger partial charge in [-0.2, -0.15) is 0 Å². The molecule has 17 heavy (non-hydrogen) atoms. The fraction of sp³-hybridized carbons (Fsp3) is 0.400. The molecule has 1 aromatic rings. The first-order chi connectivity index (χ1) is 7.72. The molecule has 0 aromatic heterocycles. The standard InChI is InChI=1S/C10H13Cl2NO3S/c1-2-17(15,16)10(11,12)9(14)7-3-5-8(13)6-4-7/h3-6,9,14H,2,13H2,1H3/t9-/m1/s1. The van der Waals surface area contributed by atoms with E-state index in [1.807, 2.05) is 0 Å². The van der Waals surface area contributed by atoms with Gasteiger partial charge in [-0.3, -0.25) is 0 Å². The number of hydrogen-bond donors (Lipinski definition) is 2. The molecule has 0 radical (unpaired) electrons.